The van der Waals surface area contributed by atoms with Gasteiger partial charge in [-0.2, -0.15) is 15.0 Å². The Bertz CT molecular complexity index is 434. The number of piperidine rings is 1. The van der Waals surface area contributed by atoms with Crippen molar-refractivity contribution >= 4 is 11.9 Å². The fraction of sp³-hybridized carbons (Fsp3) is 0.800. The number of hydrogen-bond donors (Lipinski definition) is 1. The molecule has 2 rings (SSSR count). The standard InChI is InChI=1S/C15H27N5O/c1-4-9-16-13-17-14(20-10-7-6-8-11-20)19-15(18-13)21-12(3)5-2/h12H,4-11H2,1-3H3,(H,16,17,18,19). The second-order valence-electron chi connectivity index (χ2n) is 5.55. The fourth-order valence-electron chi connectivity index (χ4n) is 2.21. The van der Waals surface area contributed by atoms with Crippen LogP contribution in [0.5, 0.6) is 6.01 Å². The van der Waals surface area contributed by atoms with Gasteiger partial charge < -0.3 is 15.0 Å². The minimum atomic E-state index is 0.112. The molecule has 0 radical (unpaired) electrons. The molecule has 1 saturated heterocycles. The Morgan fingerprint density at radius 2 is 1.90 bits per heavy atom. The van der Waals surface area contributed by atoms with Crippen molar-refractivity contribution in [2.75, 3.05) is 29.9 Å². The summed E-state index contributed by atoms with van der Waals surface area (Å²) in [5.74, 6) is 1.35. The molecule has 0 bridgehead atoms. The largest absolute Gasteiger partial charge is 0.460 e. The van der Waals surface area contributed by atoms with Crippen molar-refractivity contribution in [2.45, 2.75) is 59.0 Å². The third kappa shape index (κ3) is 4.72. The van der Waals surface area contributed by atoms with Gasteiger partial charge in [-0.1, -0.05) is 13.8 Å². The van der Waals surface area contributed by atoms with Crippen molar-refractivity contribution in [3.05, 3.63) is 0 Å². The normalized spacial score (nSPS) is 16.6. The number of aromatic nitrogens is 3. The summed E-state index contributed by atoms with van der Waals surface area (Å²) in [5.41, 5.74) is 0. The smallest absolute Gasteiger partial charge is 0.323 e. The minimum Gasteiger partial charge on any atom is -0.460 e. The summed E-state index contributed by atoms with van der Waals surface area (Å²) >= 11 is 0. The first-order chi connectivity index (χ1) is 10.2. The fourth-order valence-corrected chi connectivity index (χ4v) is 2.21. The van der Waals surface area contributed by atoms with E-state index >= 15 is 0 Å². The van der Waals surface area contributed by atoms with Gasteiger partial charge in [0.25, 0.3) is 0 Å². The molecule has 0 aromatic carbocycles. The van der Waals surface area contributed by atoms with E-state index in [1.165, 1.54) is 19.3 Å². The van der Waals surface area contributed by atoms with E-state index in [2.05, 4.69) is 39.0 Å². The van der Waals surface area contributed by atoms with Crippen molar-refractivity contribution in [1.29, 1.82) is 0 Å². The predicted molar refractivity (Wildman–Crippen MR) is 85.1 cm³/mol. The lowest BCUT2D eigenvalue weighted by molar-refractivity contribution is 0.199. The number of nitrogens with one attached hydrogen (secondary N) is 1. The quantitative estimate of drug-likeness (QED) is 0.834. The number of anilines is 2. The van der Waals surface area contributed by atoms with Gasteiger partial charge in [0, 0.05) is 19.6 Å². The molecule has 0 aliphatic carbocycles. The SMILES string of the molecule is CCCNc1nc(OC(C)CC)nc(N2CCCCC2)n1. The Labute approximate surface area is 127 Å². The highest BCUT2D eigenvalue weighted by Gasteiger charge is 2.17. The van der Waals surface area contributed by atoms with Crippen molar-refractivity contribution in [2.24, 2.45) is 0 Å². The highest BCUT2D eigenvalue weighted by Crippen LogP contribution is 2.20. The number of ether oxygens (including phenoxy) is 1. The van der Waals surface area contributed by atoms with Crippen LogP contribution in [0, 0.1) is 0 Å². The number of rotatable bonds is 7. The lowest BCUT2D eigenvalue weighted by Crippen LogP contribution is -2.31. The summed E-state index contributed by atoms with van der Waals surface area (Å²) in [5, 5.41) is 3.24. The van der Waals surface area contributed by atoms with Crippen molar-refractivity contribution in [1.82, 2.24) is 15.0 Å². The summed E-state index contributed by atoms with van der Waals surface area (Å²) in [6.45, 7) is 9.12. The van der Waals surface area contributed by atoms with Crippen LogP contribution in [-0.2, 0) is 0 Å². The maximum absolute atomic E-state index is 5.79. The van der Waals surface area contributed by atoms with E-state index in [-0.39, 0.29) is 6.10 Å². The highest BCUT2D eigenvalue weighted by atomic mass is 16.5. The number of hydrogen-bond acceptors (Lipinski definition) is 6. The monoisotopic (exact) mass is 293 g/mol. The van der Waals surface area contributed by atoms with Gasteiger partial charge in [0.05, 0.1) is 6.10 Å². The average molecular weight is 293 g/mol. The van der Waals surface area contributed by atoms with Gasteiger partial charge in [0.2, 0.25) is 11.9 Å². The summed E-state index contributed by atoms with van der Waals surface area (Å²) in [4.78, 5) is 15.6. The molecule has 1 aromatic heterocycles. The average Bonchev–Trinajstić information content (AvgIpc) is 2.53. The molecule has 1 unspecified atom stereocenters. The summed E-state index contributed by atoms with van der Waals surface area (Å²) in [6.07, 6.45) is 5.77. The zero-order chi connectivity index (χ0) is 15.1. The van der Waals surface area contributed by atoms with Crippen LogP contribution in [0.3, 0.4) is 0 Å². The van der Waals surface area contributed by atoms with Crippen molar-refractivity contribution in [3.8, 4) is 6.01 Å². The molecule has 1 N–H and O–H groups in total. The van der Waals surface area contributed by atoms with Crippen LogP contribution in [0.2, 0.25) is 0 Å². The van der Waals surface area contributed by atoms with Gasteiger partial charge in [-0.05, 0) is 39.0 Å². The summed E-state index contributed by atoms with van der Waals surface area (Å²) < 4.78 is 5.79. The summed E-state index contributed by atoms with van der Waals surface area (Å²) in [7, 11) is 0. The maximum atomic E-state index is 5.79. The third-order valence-corrected chi connectivity index (χ3v) is 3.66. The van der Waals surface area contributed by atoms with Gasteiger partial charge in [-0.3, -0.25) is 0 Å². The Hall–Kier alpha value is -1.59. The Morgan fingerprint density at radius 3 is 2.57 bits per heavy atom. The van der Waals surface area contributed by atoms with Crippen molar-refractivity contribution < 1.29 is 4.74 Å². The maximum Gasteiger partial charge on any atom is 0.323 e. The second-order valence-corrected chi connectivity index (χ2v) is 5.55. The molecule has 2 heterocycles. The molecule has 6 nitrogen and oxygen atoms in total. The van der Waals surface area contributed by atoms with Crippen LogP contribution in [-0.4, -0.2) is 40.7 Å². The molecule has 6 heteroatoms. The van der Waals surface area contributed by atoms with E-state index in [1.54, 1.807) is 0 Å². The molecule has 0 saturated carbocycles. The van der Waals surface area contributed by atoms with Crippen LogP contribution in [0.25, 0.3) is 0 Å². The van der Waals surface area contributed by atoms with Crippen LogP contribution in [0.1, 0.15) is 52.9 Å². The molecule has 21 heavy (non-hydrogen) atoms. The van der Waals surface area contributed by atoms with E-state index in [0.29, 0.717) is 12.0 Å². The topological polar surface area (TPSA) is 63.2 Å². The van der Waals surface area contributed by atoms with Crippen LogP contribution < -0.4 is 15.0 Å². The molecule has 1 aliphatic heterocycles. The first-order valence-corrected chi connectivity index (χ1v) is 8.14. The van der Waals surface area contributed by atoms with Crippen LogP contribution in [0.15, 0.2) is 0 Å². The van der Waals surface area contributed by atoms with E-state index in [1.807, 2.05) is 6.92 Å². The lowest BCUT2D eigenvalue weighted by Gasteiger charge is -2.27. The molecule has 0 spiro atoms. The molecule has 1 aromatic rings. The van der Waals surface area contributed by atoms with Gasteiger partial charge in [0.1, 0.15) is 0 Å². The molecular formula is C15H27N5O. The highest BCUT2D eigenvalue weighted by molar-refractivity contribution is 5.38. The molecule has 118 valence electrons. The van der Waals surface area contributed by atoms with Gasteiger partial charge in [0.15, 0.2) is 0 Å². The second kappa shape index (κ2) is 8.00. The molecule has 0 amide bonds. The third-order valence-electron chi connectivity index (χ3n) is 3.66. The molecule has 1 aliphatic rings. The Balaban J connectivity index is 2.18. The van der Waals surface area contributed by atoms with Gasteiger partial charge >= 0.3 is 6.01 Å². The molecule has 1 fully saturated rings. The predicted octanol–water partition coefficient (Wildman–Crippen LogP) is 2.86. The van der Waals surface area contributed by atoms with E-state index in [9.17, 15) is 0 Å². The Kier molecular flexibility index (Phi) is 6.02. The van der Waals surface area contributed by atoms with Gasteiger partial charge in [-0.15, -0.1) is 0 Å². The lowest BCUT2D eigenvalue weighted by atomic mass is 10.1. The summed E-state index contributed by atoms with van der Waals surface area (Å²) in [6, 6.07) is 0.429. The molecular weight excluding hydrogens is 266 g/mol. The van der Waals surface area contributed by atoms with Crippen LogP contribution >= 0.6 is 0 Å². The first-order valence-electron chi connectivity index (χ1n) is 8.14. The Morgan fingerprint density at radius 1 is 1.14 bits per heavy atom. The first kappa shape index (κ1) is 15.8. The molecule has 1 atom stereocenters. The van der Waals surface area contributed by atoms with Crippen molar-refractivity contribution in [3.63, 3.8) is 0 Å². The van der Waals surface area contributed by atoms with E-state index in [0.717, 1.165) is 38.4 Å². The van der Waals surface area contributed by atoms with E-state index < -0.39 is 0 Å². The number of nitrogens with zero attached hydrogens (tertiary/aromatic N) is 4. The van der Waals surface area contributed by atoms with E-state index in [4.69, 9.17) is 4.74 Å². The van der Waals surface area contributed by atoms with Crippen LogP contribution in [0.4, 0.5) is 11.9 Å². The minimum absolute atomic E-state index is 0.112. The van der Waals surface area contributed by atoms with Gasteiger partial charge in [-0.25, -0.2) is 0 Å². The zero-order valence-electron chi connectivity index (χ0n) is 13.4. The zero-order valence-corrected chi connectivity index (χ0v) is 13.4.